The molecule has 1 rings (SSSR count). The molecule has 0 saturated carbocycles. The number of amides is 2. The molecule has 0 aromatic carbocycles. The van der Waals surface area contributed by atoms with E-state index in [1.54, 1.807) is 18.9 Å². The standard InChI is InChI=1S/C9H17N3O2/c1-6(10)9(14)12-5-3-4-7(12)8(13)11-2/h6-7H,3-5,10H2,1-2H3,(H,11,13)/t6-,7+/m1/s1. The maximum absolute atomic E-state index is 11.6. The number of hydrogen-bond donors (Lipinski definition) is 2. The first-order chi connectivity index (χ1) is 6.57. The predicted molar refractivity (Wildman–Crippen MR) is 52.5 cm³/mol. The van der Waals surface area contributed by atoms with E-state index in [2.05, 4.69) is 5.32 Å². The molecule has 2 amide bonds. The molecule has 3 N–H and O–H groups in total. The first-order valence-corrected chi connectivity index (χ1v) is 4.85. The third-order valence-corrected chi connectivity index (χ3v) is 2.47. The number of hydrogen-bond acceptors (Lipinski definition) is 3. The Kier molecular flexibility index (Phi) is 3.46. The van der Waals surface area contributed by atoms with Crippen molar-refractivity contribution in [3.63, 3.8) is 0 Å². The van der Waals surface area contributed by atoms with Crippen LogP contribution in [0.2, 0.25) is 0 Å². The van der Waals surface area contributed by atoms with Crippen molar-refractivity contribution in [2.75, 3.05) is 13.6 Å². The maximum atomic E-state index is 11.6. The molecule has 0 aromatic heterocycles. The molecule has 5 heteroatoms. The molecule has 1 aliphatic rings. The zero-order valence-electron chi connectivity index (χ0n) is 8.62. The highest BCUT2D eigenvalue weighted by molar-refractivity contribution is 5.89. The summed E-state index contributed by atoms with van der Waals surface area (Å²) >= 11 is 0. The van der Waals surface area contributed by atoms with Crippen LogP contribution in [-0.4, -0.2) is 42.4 Å². The van der Waals surface area contributed by atoms with Crippen LogP contribution in [0.4, 0.5) is 0 Å². The van der Waals surface area contributed by atoms with Gasteiger partial charge in [-0.25, -0.2) is 0 Å². The fraction of sp³-hybridized carbons (Fsp3) is 0.778. The van der Waals surface area contributed by atoms with Gasteiger partial charge in [0.25, 0.3) is 0 Å². The van der Waals surface area contributed by atoms with Gasteiger partial charge in [-0.15, -0.1) is 0 Å². The van der Waals surface area contributed by atoms with E-state index in [1.807, 2.05) is 0 Å². The quantitative estimate of drug-likeness (QED) is 0.603. The van der Waals surface area contributed by atoms with Crippen LogP contribution in [0.15, 0.2) is 0 Å². The van der Waals surface area contributed by atoms with Gasteiger partial charge in [0.2, 0.25) is 11.8 Å². The third-order valence-electron chi connectivity index (χ3n) is 2.47. The topological polar surface area (TPSA) is 75.4 Å². The van der Waals surface area contributed by atoms with Gasteiger partial charge >= 0.3 is 0 Å². The van der Waals surface area contributed by atoms with Gasteiger partial charge in [-0.1, -0.05) is 0 Å². The minimum Gasteiger partial charge on any atom is -0.357 e. The van der Waals surface area contributed by atoms with Gasteiger partial charge in [-0.05, 0) is 19.8 Å². The first kappa shape index (κ1) is 11.0. The van der Waals surface area contributed by atoms with Gasteiger partial charge in [-0.3, -0.25) is 9.59 Å². The lowest BCUT2D eigenvalue weighted by atomic mass is 10.2. The molecule has 0 aliphatic carbocycles. The van der Waals surface area contributed by atoms with Crippen LogP contribution in [0.1, 0.15) is 19.8 Å². The Morgan fingerprint density at radius 3 is 2.71 bits per heavy atom. The number of likely N-dealkylation sites (tertiary alicyclic amines) is 1. The molecular formula is C9H17N3O2. The highest BCUT2D eigenvalue weighted by atomic mass is 16.2. The molecule has 0 unspecified atom stereocenters. The zero-order valence-corrected chi connectivity index (χ0v) is 8.62. The van der Waals surface area contributed by atoms with Gasteiger partial charge in [0.05, 0.1) is 6.04 Å². The second kappa shape index (κ2) is 4.41. The minimum atomic E-state index is -0.528. The fourth-order valence-electron chi connectivity index (χ4n) is 1.73. The van der Waals surface area contributed by atoms with Crippen molar-refractivity contribution >= 4 is 11.8 Å². The number of nitrogens with two attached hydrogens (primary N) is 1. The molecule has 1 saturated heterocycles. The SMILES string of the molecule is CNC(=O)[C@@H]1CCCN1C(=O)[C@@H](C)N. The number of nitrogens with zero attached hydrogens (tertiary/aromatic N) is 1. The zero-order chi connectivity index (χ0) is 10.7. The van der Waals surface area contributed by atoms with E-state index in [0.29, 0.717) is 6.54 Å². The molecule has 1 fully saturated rings. The lowest BCUT2D eigenvalue weighted by molar-refractivity contribution is -0.138. The number of carbonyl (C=O) groups excluding carboxylic acids is 2. The largest absolute Gasteiger partial charge is 0.357 e. The summed E-state index contributed by atoms with van der Waals surface area (Å²) in [6.45, 7) is 2.28. The normalized spacial score (nSPS) is 23.4. The number of rotatable bonds is 2. The molecule has 5 nitrogen and oxygen atoms in total. The van der Waals surface area contributed by atoms with Crippen LogP contribution < -0.4 is 11.1 Å². The second-order valence-electron chi connectivity index (χ2n) is 3.59. The average Bonchev–Trinajstić information content (AvgIpc) is 2.63. The van der Waals surface area contributed by atoms with Crippen molar-refractivity contribution in [1.29, 1.82) is 0 Å². The van der Waals surface area contributed by atoms with E-state index >= 15 is 0 Å². The monoisotopic (exact) mass is 199 g/mol. The first-order valence-electron chi connectivity index (χ1n) is 4.85. The maximum Gasteiger partial charge on any atom is 0.242 e. The Bertz CT molecular complexity index is 240. The Morgan fingerprint density at radius 1 is 1.57 bits per heavy atom. The summed E-state index contributed by atoms with van der Waals surface area (Å²) in [5, 5.41) is 2.56. The van der Waals surface area contributed by atoms with Gasteiger partial charge in [0, 0.05) is 13.6 Å². The molecule has 80 valence electrons. The van der Waals surface area contributed by atoms with E-state index in [0.717, 1.165) is 12.8 Å². The Labute approximate surface area is 83.6 Å². The van der Waals surface area contributed by atoms with Crippen LogP contribution in [-0.2, 0) is 9.59 Å². The van der Waals surface area contributed by atoms with Crippen molar-refractivity contribution in [1.82, 2.24) is 10.2 Å². The molecule has 0 bridgehead atoms. The van der Waals surface area contributed by atoms with E-state index < -0.39 is 6.04 Å². The van der Waals surface area contributed by atoms with Gasteiger partial charge in [-0.2, -0.15) is 0 Å². The Morgan fingerprint density at radius 2 is 2.21 bits per heavy atom. The molecule has 0 spiro atoms. The van der Waals surface area contributed by atoms with Gasteiger partial charge in [0.1, 0.15) is 6.04 Å². The van der Waals surface area contributed by atoms with Crippen LogP contribution in [0.3, 0.4) is 0 Å². The van der Waals surface area contributed by atoms with E-state index in [9.17, 15) is 9.59 Å². The highest BCUT2D eigenvalue weighted by Crippen LogP contribution is 2.17. The van der Waals surface area contributed by atoms with Crippen molar-refractivity contribution in [3.05, 3.63) is 0 Å². The molecule has 0 radical (unpaired) electrons. The summed E-state index contributed by atoms with van der Waals surface area (Å²) in [5.41, 5.74) is 5.50. The average molecular weight is 199 g/mol. The van der Waals surface area contributed by atoms with Crippen molar-refractivity contribution < 1.29 is 9.59 Å². The smallest absolute Gasteiger partial charge is 0.242 e. The molecule has 1 aliphatic heterocycles. The van der Waals surface area contributed by atoms with Crippen molar-refractivity contribution in [2.24, 2.45) is 5.73 Å². The molecule has 14 heavy (non-hydrogen) atoms. The van der Waals surface area contributed by atoms with Crippen LogP contribution >= 0.6 is 0 Å². The fourth-order valence-corrected chi connectivity index (χ4v) is 1.73. The molecule has 0 aromatic rings. The molecule has 1 heterocycles. The predicted octanol–water partition coefficient (Wildman–Crippen LogP) is -0.929. The van der Waals surface area contributed by atoms with Crippen molar-refractivity contribution in [3.8, 4) is 0 Å². The molecular weight excluding hydrogens is 182 g/mol. The minimum absolute atomic E-state index is 0.100. The number of carbonyl (C=O) groups is 2. The number of likely N-dealkylation sites (N-methyl/N-ethyl adjacent to an activating group) is 1. The summed E-state index contributed by atoms with van der Waals surface area (Å²) in [7, 11) is 1.58. The lowest BCUT2D eigenvalue weighted by Crippen LogP contribution is -2.49. The summed E-state index contributed by atoms with van der Waals surface area (Å²) in [6.07, 6.45) is 1.61. The van der Waals surface area contributed by atoms with Crippen LogP contribution in [0, 0.1) is 0 Å². The summed E-state index contributed by atoms with van der Waals surface area (Å²) < 4.78 is 0. The third kappa shape index (κ3) is 2.04. The van der Waals surface area contributed by atoms with Gasteiger partial charge in [0.15, 0.2) is 0 Å². The van der Waals surface area contributed by atoms with Crippen molar-refractivity contribution in [2.45, 2.75) is 31.8 Å². The number of nitrogens with one attached hydrogen (secondary N) is 1. The molecule has 2 atom stereocenters. The lowest BCUT2D eigenvalue weighted by Gasteiger charge is -2.24. The second-order valence-corrected chi connectivity index (χ2v) is 3.59. The van der Waals surface area contributed by atoms with E-state index in [4.69, 9.17) is 5.73 Å². The van der Waals surface area contributed by atoms with E-state index in [-0.39, 0.29) is 17.9 Å². The summed E-state index contributed by atoms with van der Waals surface area (Å²) in [4.78, 5) is 24.6. The highest BCUT2D eigenvalue weighted by Gasteiger charge is 2.34. The van der Waals surface area contributed by atoms with Crippen LogP contribution in [0.25, 0.3) is 0 Å². The van der Waals surface area contributed by atoms with Gasteiger partial charge < -0.3 is 16.0 Å². The Hall–Kier alpha value is -1.10. The van der Waals surface area contributed by atoms with E-state index in [1.165, 1.54) is 0 Å². The summed E-state index contributed by atoms with van der Waals surface area (Å²) in [5.74, 6) is -0.243. The summed E-state index contributed by atoms with van der Waals surface area (Å²) in [6, 6.07) is -0.848. The van der Waals surface area contributed by atoms with Crippen LogP contribution in [0.5, 0.6) is 0 Å². The Balaban J connectivity index is 2.68.